The predicted octanol–water partition coefficient (Wildman–Crippen LogP) is 1.42. The number of nitrogens with zero attached hydrogens (tertiary/aromatic N) is 1. The minimum atomic E-state index is -4.00. The molecule has 0 aliphatic carbocycles. The van der Waals surface area contributed by atoms with Crippen LogP contribution in [0.4, 0.5) is 0 Å². The summed E-state index contributed by atoms with van der Waals surface area (Å²) in [5.74, 6) is -0.329. The maximum atomic E-state index is 11.9. The van der Waals surface area contributed by atoms with E-state index in [1.165, 1.54) is 6.92 Å². The first kappa shape index (κ1) is 15.0. The van der Waals surface area contributed by atoms with Gasteiger partial charge in [-0.1, -0.05) is 13.8 Å². The van der Waals surface area contributed by atoms with Crippen molar-refractivity contribution in [2.45, 2.75) is 38.6 Å². The standard InChI is InChI=1S/C10H16ClN3O3S/c1-5(2)6(3)12-10(15)8-9(18(11,16)17)7(4)13-14-8/h5-6H,1-4H3,(H,12,15)(H,13,14). The van der Waals surface area contributed by atoms with Crippen molar-refractivity contribution in [2.24, 2.45) is 5.92 Å². The number of H-pyrrole nitrogens is 1. The summed E-state index contributed by atoms with van der Waals surface area (Å²) in [7, 11) is 1.28. The maximum absolute atomic E-state index is 11.9. The van der Waals surface area contributed by atoms with Crippen LogP contribution in [0.15, 0.2) is 4.90 Å². The first-order chi connectivity index (χ1) is 8.14. The van der Waals surface area contributed by atoms with Crippen LogP contribution in [0.3, 0.4) is 0 Å². The van der Waals surface area contributed by atoms with Gasteiger partial charge in [-0.05, 0) is 19.8 Å². The van der Waals surface area contributed by atoms with E-state index >= 15 is 0 Å². The Morgan fingerprint density at radius 1 is 1.39 bits per heavy atom. The molecule has 1 aromatic heterocycles. The average molecular weight is 294 g/mol. The minimum absolute atomic E-state index is 0.0969. The highest BCUT2D eigenvalue weighted by molar-refractivity contribution is 8.13. The van der Waals surface area contributed by atoms with Crippen molar-refractivity contribution in [3.8, 4) is 0 Å². The number of carbonyl (C=O) groups excluding carboxylic acids is 1. The lowest BCUT2D eigenvalue weighted by Gasteiger charge is -2.16. The third kappa shape index (κ3) is 3.23. The Hall–Kier alpha value is -1.08. The third-order valence-corrected chi connectivity index (χ3v) is 4.16. The van der Waals surface area contributed by atoms with Gasteiger partial charge in [0.25, 0.3) is 15.0 Å². The molecule has 18 heavy (non-hydrogen) atoms. The molecule has 0 fully saturated rings. The largest absolute Gasteiger partial charge is 0.348 e. The zero-order chi connectivity index (χ0) is 14.1. The molecule has 0 saturated carbocycles. The number of hydrogen-bond acceptors (Lipinski definition) is 4. The first-order valence-electron chi connectivity index (χ1n) is 5.45. The van der Waals surface area contributed by atoms with E-state index in [9.17, 15) is 13.2 Å². The molecule has 0 bridgehead atoms. The van der Waals surface area contributed by atoms with E-state index in [2.05, 4.69) is 15.5 Å². The van der Waals surface area contributed by atoms with Gasteiger partial charge in [0.2, 0.25) is 0 Å². The molecule has 0 spiro atoms. The highest BCUT2D eigenvalue weighted by Gasteiger charge is 2.27. The van der Waals surface area contributed by atoms with Crippen LogP contribution in [-0.2, 0) is 9.05 Å². The van der Waals surface area contributed by atoms with Crippen LogP contribution in [0.25, 0.3) is 0 Å². The zero-order valence-electron chi connectivity index (χ0n) is 10.6. The normalized spacial score (nSPS) is 13.7. The Labute approximate surface area is 111 Å². The van der Waals surface area contributed by atoms with Gasteiger partial charge in [-0.15, -0.1) is 0 Å². The van der Waals surface area contributed by atoms with E-state index in [1.54, 1.807) is 0 Å². The molecule has 1 atom stereocenters. The molecule has 1 aromatic rings. The second kappa shape index (κ2) is 5.27. The first-order valence-corrected chi connectivity index (χ1v) is 7.76. The van der Waals surface area contributed by atoms with Crippen molar-refractivity contribution in [3.63, 3.8) is 0 Å². The van der Waals surface area contributed by atoms with E-state index < -0.39 is 15.0 Å². The topological polar surface area (TPSA) is 91.9 Å². The van der Waals surface area contributed by atoms with Gasteiger partial charge in [0, 0.05) is 16.7 Å². The number of hydrogen-bond donors (Lipinski definition) is 2. The molecule has 0 aromatic carbocycles. The Morgan fingerprint density at radius 3 is 2.39 bits per heavy atom. The van der Waals surface area contributed by atoms with E-state index in [-0.39, 0.29) is 28.2 Å². The zero-order valence-corrected chi connectivity index (χ0v) is 12.2. The molecule has 1 amide bonds. The lowest BCUT2D eigenvalue weighted by molar-refractivity contribution is 0.0922. The average Bonchev–Trinajstić information content (AvgIpc) is 2.59. The van der Waals surface area contributed by atoms with Crippen molar-refractivity contribution < 1.29 is 13.2 Å². The van der Waals surface area contributed by atoms with E-state index in [0.29, 0.717) is 0 Å². The Bertz CT molecular complexity index is 551. The molecule has 1 rings (SSSR count). The summed E-state index contributed by atoms with van der Waals surface area (Å²) in [4.78, 5) is 11.7. The second-order valence-corrected chi connectivity index (χ2v) is 6.97. The minimum Gasteiger partial charge on any atom is -0.348 e. The van der Waals surface area contributed by atoms with E-state index in [0.717, 1.165) is 0 Å². The summed E-state index contributed by atoms with van der Waals surface area (Å²) in [5.41, 5.74) is 0.0438. The van der Waals surface area contributed by atoms with Crippen molar-refractivity contribution in [1.29, 1.82) is 0 Å². The molecule has 8 heteroatoms. The van der Waals surface area contributed by atoms with Crippen LogP contribution in [0.1, 0.15) is 37.0 Å². The SMILES string of the molecule is Cc1[nH]nc(C(=O)NC(C)C(C)C)c1S(=O)(=O)Cl. The van der Waals surface area contributed by atoms with Gasteiger partial charge < -0.3 is 5.32 Å². The smallest absolute Gasteiger partial charge is 0.273 e. The van der Waals surface area contributed by atoms with Gasteiger partial charge >= 0.3 is 0 Å². The number of amides is 1. The molecule has 102 valence electrons. The lowest BCUT2D eigenvalue weighted by atomic mass is 10.1. The molecule has 6 nitrogen and oxygen atoms in total. The van der Waals surface area contributed by atoms with Crippen LogP contribution in [-0.4, -0.2) is 30.6 Å². The van der Waals surface area contributed by atoms with Gasteiger partial charge in [0.1, 0.15) is 4.90 Å². The van der Waals surface area contributed by atoms with E-state index in [1.807, 2.05) is 20.8 Å². The molecule has 0 radical (unpaired) electrons. The van der Waals surface area contributed by atoms with Gasteiger partial charge in [-0.25, -0.2) is 8.42 Å². The van der Waals surface area contributed by atoms with Crippen LogP contribution >= 0.6 is 10.7 Å². The van der Waals surface area contributed by atoms with Crippen molar-refractivity contribution >= 4 is 25.6 Å². The summed E-state index contributed by atoms with van der Waals surface area (Å²) in [6.07, 6.45) is 0. The van der Waals surface area contributed by atoms with Crippen LogP contribution in [0.2, 0.25) is 0 Å². The Morgan fingerprint density at radius 2 is 1.94 bits per heavy atom. The van der Waals surface area contributed by atoms with Gasteiger partial charge in [-0.3, -0.25) is 9.89 Å². The molecule has 1 heterocycles. The fraction of sp³-hybridized carbons (Fsp3) is 0.600. The molecular weight excluding hydrogens is 278 g/mol. The quantitative estimate of drug-likeness (QED) is 0.821. The van der Waals surface area contributed by atoms with Crippen LogP contribution < -0.4 is 5.32 Å². The fourth-order valence-corrected chi connectivity index (χ4v) is 2.66. The van der Waals surface area contributed by atoms with Gasteiger partial charge in [0.05, 0.1) is 5.69 Å². The summed E-state index contributed by atoms with van der Waals surface area (Å²) in [6, 6.07) is -0.0969. The molecule has 2 N–H and O–H groups in total. The number of aromatic nitrogens is 2. The lowest BCUT2D eigenvalue weighted by Crippen LogP contribution is -2.36. The molecule has 0 aliphatic rings. The van der Waals surface area contributed by atoms with E-state index in [4.69, 9.17) is 10.7 Å². The molecular formula is C10H16ClN3O3S. The molecule has 1 unspecified atom stereocenters. The van der Waals surface area contributed by atoms with Crippen LogP contribution in [0, 0.1) is 12.8 Å². The van der Waals surface area contributed by atoms with Crippen molar-refractivity contribution in [3.05, 3.63) is 11.4 Å². The predicted molar refractivity (Wildman–Crippen MR) is 68.1 cm³/mol. The monoisotopic (exact) mass is 293 g/mol. The number of aryl methyl sites for hydroxylation is 1. The third-order valence-electron chi connectivity index (χ3n) is 2.71. The number of nitrogens with one attached hydrogen (secondary N) is 2. The highest BCUT2D eigenvalue weighted by atomic mass is 35.7. The summed E-state index contributed by atoms with van der Waals surface area (Å²) >= 11 is 0. The number of aromatic amines is 1. The second-order valence-electron chi connectivity index (χ2n) is 4.47. The highest BCUT2D eigenvalue weighted by Crippen LogP contribution is 2.21. The van der Waals surface area contributed by atoms with Crippen LogP contribution in [0.5, 0.6) is 0 Å². The molecule has 0 aliphatic heterocycles. The number of halogens is 1. The van der Waals surface area contributed by atoms with Gasteiger partial charge in [0.15, 0.2) is 5.69 Å². The van der Waals surface area contributed by atoms with Crippen molar-refractivity contribution in [2.75, 3.05) is 0 Å². The Balaban J connectivity index is 3.09. The van der Waals surface area contributed by atoms with Gasteiger partial charge in [-0.2, -0.15) is 5.10 Å². The number of rotatable bonds is 4. The summed E-state index contributed by atoms with van der Waals surface area (Å²) in [6.45, 7) is 7.21. The number of carbonyl (C=O) groups is 1. The summed E-state index contributed by atoms with van der Waals surface area (Å²) in [5, 5.41) is 8.82. The fourth-order valence-electron chi connectivity index (χ4n) is 1.31. The molecule has 0 saturated heterocycles. The maximum Gasteiger partial charge on any atom is 0.273 e. The van der Waals surface area contributed by atoms with Crippen molar-refractivity contribution in [1.82, 2.24) is 15.5 Å². The summed E-state index contributed by atoms with van der Waals surface area (Å²) < 4.78 is 22.8. The Kier molecular flexibility index (Phi) is 4.39.